The Hall–Kier alpha value is -1.78. The summed E-state index contributed by atoms with van der Waals surface area (Å²) in [5, 5.41) is 0.787. The van der Waals surface area contributed by atoms with E-state index in [-0.39, 0.29) is 6.04 Å². The Morgan fingerprint density at radius 3 is 2.00 bits per heavy atom. The number of benzene rings is 3. The van der Waals surface area contributed by atoms with Gasteiger partial charge >= 0.3 is 0 Å². The zero-order valence-corrected chi connectivity index (χ0v) is 17.7. The number of piperazine rings is 1. The van der Waals surface area contributed by atoms with Crippen LogP contribution in [0.4, 0.5) is 0 Å². The normalized spacial score (nSPS) is 16.8. The van der Waals surface area contributed by atoms with Gasteiger partial charge in [0.2, 0.25) is 0 Å². The Morgan fingerprint density at radius 2 is 1.36 bits per heavy atom. The first-order valence-corrected chi connectivity index (χ1v) is 10.9. The molecule has 1 fully saturated rings. The summed E-state index contributed by atoms with van der Waals surface area (Å²) in [6, 6.07) is 28.2. The standard InChI is InChI=1S/C24H25ClN2S/c1-19-7-13-23(14-8-19)28-27-17-15-26(16-18-27)24(20-5-3-2-4-6-20)21-9-11-22(25)12-10-21/h2-14,24H,15-18H2,1H3/t24-/m1/s1. The van der Waals surface area contributed by atoms with Gasteiger partial charge in [-0.05, 0) is 54.3 Å². The van der Waals surface area contributed by atoms with Crippen LogP contribution in [0.15, 0.2) is 83.8 Å². The van der Waals surface area contributed by atoms with E-state index in [1.165, 1.54) is 21.6 Å². The molecule has 0 unspecified atom stereocenters. The van der Waals surface area contributed by atoms with Crippen molar-refractivity contribution in [3.8, 4) is 0 Å². The average molecular weight is 409 g/mol. The molecule has 3 aromatic carbocycles. The summed E-state index contributed by atoms with van der Waals surface area (Å²) in [6.45, 7) is 6.32. The molecule has 3 aromatic rings. The summed E-state index contributed by atoms with van der Waals surface area (Å²) in [5.74, 6) is 0. The Kier molecular flexibility index (Phi) is 6.38. The molecule has 0 amide bonds. The minimum atomic E-state index is 0.269. The molecular weight excluding hydrogens is 384 g/mol. The molecule has 0 bridgehead atoms. The van der Waals surface area contributed by atoms with E-state index < -0.39 is 0 Å². The van der Waals surface area contributed by atoms with Crippen LogP contribution in [0.3, 0.4) is 0 Å². The summed E-state index contributed by atoms with van der Waals surface area (Å²) in [6.07, 6.45) is 0. The third-order valence-electron chi connectivity index (χ3n) is 5.19. The molecule has 1 atom stereocenters. The molecule has 1 aliphatic heterocycles. The molecule has 0 spiro atoms. The first-order valence-electron chi connectivity index (χ1n) is 9.73. The molecule has 4 rings (SSSR count). The Morgan fingerprint density at radius 1 is 0.750 bits per heavy atom. The summed E-state index contributed by atoms with van der Waals surface area (Å²) in [7, 11) is 0. The van der Waals surface area contributed by atoms with E-state index >= 15 is 0 Å². The van der Waals surface area contributed by atoms with Crippen molar-refractivity contribution in [2.45, 2.75) is 17.9 Å². The topological polar surface area (TPSA) is 6.48 Å². The molecule has 1 heterocycles. The van der Waals surface area contributed by atoms with Crippen molar-refractivity contribution in [2.24, 2.45) is 0 Å². The highest BCUT2D eigenvalue weighted by molar-refractivity contribution is 7.97. The molecule has 28 heavy (non-hydrogen) atoms. The lowest BCUT2D eigenvalue weighted by Crippen LogP contribution is -2.45. The Labute approximate surface area is 177 Å². The van der Waals surface area contributed by atoms with E-state index in [1.807, 2.05) is 24.1 Å². The quantitative estimate of drug-likeness (QED) is 0.473. The van der Waals surface area contributed by atoms with Crippen molar-refractivity contribution in [2.75, 3.05) is 26.2 Å². The number of rotatable bonds is 5. The fraction of sp³-hybridized carbons (Fsp3) is 0.250. The lowest BCUT2D eigenvalue weighted by Gasteiger charge is -2.39. The summed E-state index contributed by atoms with van der Waals surface area (Å²) in [5.41, 5.74) is 3.95. The van der Waals surface area contributed by atoms with Crippen molar-refractivity contribution in [1.29, 1.82) is 0 Å². The molecule has 0 saturated carbocycles. The van der Waals surface area contributed by atoms with E-state index in [0.717, 1.165) is 31.2 Å². The maximum Gasteiger partial charge on any atom is 0.0602 e. The van der Waals surface area contributed by atoms with Crippen LogP contribution in [0, 0.1) is 6.92 Å². The highest BCUT2D eigenvalue weighted by Gasteiger charge is 2.26. The van der Waals surface area contributed by atoms with Crippen molar-refractivity contribution in [3.05, 3.63) is 101 Å². The highest BCUT2D eigenvalue weighted by Crippen LogP contribution is 2.32. The van der Waals surface area contributed by atoms with Gasteiger partial charge in [0.1, 0.15) is 0 Å². The molecule has 0 aromatic heterocycles. The fourth-order valence-corrected chi connectivity index (χ4v) is 4.72. The molecule has 1 aliphatic rings. The summed E-state index contributed by atoms with van der Waals surface area (Å²) < 4.78 is 2.48. The molecule has 144 valence electrons. The molecule has 0 N–H and O–H groups in total. The number of hydrogen-bond acceptors (Lipinski definition) is 3. The van der Waals surface area contributed by atoms with E-state index in [0.29, 0.717) is 0 Å². The highest BCUT2D eigenvalue weighted by atomic mass is 35.5. The first kappa shape index (κ1) is 19.5. The van der Waals surface area contributed by atoms with Gasteiger partial charge in [0.05, 0.1) is 6.04 Å². The third-order valence-corrected chi connectivity index (χ3v) is 6.55. The third kappa shape index (κ3) is 4.79. The molecule has 1 saturated heterocycles. The van der Waals surface area contributed by atoms with E-state index in [2.05, 4.69) is 82.9 Å². The van der Waals surface area contributed by atoms with Crippen molar-refractivity contribution >= 4 is 23.5 Å². The van der Waals surface area contributed by atoms with Crippen LogP contribution in [0.5, 0.6) is 0 Å². The van der Waals surface area contributed by atoms with Gasteiger partial charge in [0, 0.05) is 36.1 Å². The van der Waals surface area contributed by atoms with Crippen LogP contribution in [-0.4, -0.2) is 35.4 Å². The minimum absolute atomic E-state index is 0.269. The first-order chi connectivity index (χ1) is 13.7. The lowest BCUT2D eigenvalue weighted by atomic mass is 9.96. The molecular formula is C24H25ClN2S. The fourth-order valence-electron chi connectivity index (χ4n) is 3.70. The smallest absolute Gasteiger partial charge is 0.0602 e. The number of nitrogens with zero attached hydrogens (tertiary/aromatic N) is 2. The van der Waals surface area contributed by atoms with Gasteiger partial charge in [-0.1, -0.05) is 71.8 Å². The van der Waals surface area contributed by atoms with Crippen molar-refractivity contribution in [1.82, 2.24) is 9.21 Å². The zero-order valence-electron chi connectivity index (χ0n) is 16.1. The van der Waals surface area contributed by atoms with Crippen molar-refractivity contribution in [3.63, 3.8) is 0 Å². The molecule has 2 nitrogen and oxygen atoms in total. The summed E-state index contributed by atoms with van der Waals surface area (Å²) in [4.78, 5) is 3.90. The lowest BCUT2D eigenvalue weighted by molar-refractivity contribution is 0.162. The van der Waals surface area contributed by atoms with Gasteiger partial charge in [-0.3, -0.25) is 4.90 Å². The van der Waals surface area contributed by atoms with Gasteiger partial charge in [-0.2, -0.15) is 0 Å². The van der Waals surface area contributed by atoms with Crippen LogP contribution in [0.1, 0.15) is 22.7 Å². The van der Waals surface area contributed by atoms with E-state index in [4.69, 9.17) is 11.6 Å². The van der Waals surface area contributed by atoms with Crippen LogP contribution in [0.25, 0.3) is 0 Å². The van der Waals surface area contributed by atoms with Gasteiger partial charge in [0.15, 0.2) is 0 Å². The molecule has 0 radical (unpaired) electrons. The van der Waals surface area contributed by atoms with Crippen LogP contribution >= 0.6 is 23.5 Å². The number of aryl methyl sites for hydroxylation is 1. The predicted octanol–water partition coefficient (Wildman–Crippen LogP) is 6.06. The summed E-state index contributed by atoms with van der Waals surface area (Å²) >= 11 is 8.00. The zero-order chi connectivity index (χ0) is 19.3. The van der Waals surface area contributed by atoms with Gasteiger partial charge in [0.25, 0.3) is 0 Å². The average Bonchev–Trinajstić information content (AvgIpc) is 2.73. The van der Waals surface area contributed by atoms with Crippen LogP contribution in [0.2, 0.25) is 5.02 Å². The maximum absolute atomic E-state index is 6.13. The van der Waals surface area contributed by atoms with E-state index in [9.17, 15) is 0 Å². The van der Waals surface area contributed by atoms with Crippen molar-refractivity contribution < 1.29 is 0 Å². The monoisotopic (exact) mass is 408 g/mol. The van der Waals surface area contributed by atoms with Gasteiger partial charge in [-0.25, -0.2) is 4.31 Å². The Bertz CT molecular complexity index is 873. The SMILES string of the molecule is Cc1ccc(SN2CCN([C@H](c3ccccc3)c3ccc(Cl)cc3)CC2)cc1. The Balaban J connectivity index is 1.48. The van der Waals surface area contributed by atoms with E-state index in [1.54, 1.807) is 0 Å². The minimum Gasteiger partial charge on any atom is -0.290 e. The molecule has 0 aliphatic carbocycles. The second kappa shape index (κ2) is 9.15. The number of halogens is 1. The molecule has 4 heteroatoms. The largest absolute Gasteiger partial charge is 0.290 e. The van der Waals surface area contributed by atoms with Gasteiger partial charge in [-0.15, -0.1) is 0 Å². The number of hydrogen-bond donors (Lipinski definition) is 0. The second-order valence-electron chi connectivity index (χ2n) is 7.23. The predicted molar refractivity (Wildman–Crippen MR) is 120 cm³/mol. The maximum atomic E-state index is 6.13. The van der Waals surface area contributed by atoms with Gasteiger partial charge < -0.3 is 0 Å². The second-order valence-corrected chi connectivity index (χ2v) is 8.84. The van der Waals surface area contributed by atoms with Crippen LogP contribution < -0.4 is 0 Å². The van der Waals surface area contributed by atoms with Crippen LogP contribution in [-0.2, 0) is 0 Å².